The number of aromatic nitrogens is 3. The van der Waals surface area contributed by atoms with Crippen LogP contribution in [0.1, 0.15) is 52.8 Å². The van der Waals surface area contributed by atoms with Crippen molar-refractivity contribution in [2.75, 3.05) is 61.3 Å². The molecule has 13 nitrogen and oxygen atoms in total. The SMILES string of the molecule is Nc1c(F)ccc2cnc(-n3ccc4cc(N5CCC(CCN6CCN(c7ccc8c(c7)C(=O)N(C7CCC(=O)NC7=O)C8=O)CC6)CC5)ncc43)cc12. The monoisotopic (exact) mass is 729 g/mol. The van der Waals surface area contributed by atoms with Crippen molar-refractivity contribution in [1.82, 2.24) is 29.7 Å². The van der Waals surface area contributed by atoms with E-state index < -0.39 is 29.6 Å². The first-order valence-corrected chi connectivity index (χ1v) is 18.6. The first-order valence-electron chi connectivity index (χ1n) is 18.6. The van der Waals surface area contributed by atoms with Crippen LogP contribution in [0.25, 0.3) is 27.5 Å². The molecule has 4 aliphatic heterocycles. The van der Waals surface area contributed by atoms with Gasteiger partial charge in [0.15, 0.2) is 0 Å². The van der Waals surface area contributed by atoms with Crippen LogP contribution in [-0.2, 0) is 9.59 Å². The van der Waals surface area contributed by atoms with Crippen molar-refractivity contribution in [2.24, 2.45) is 5.92 Å². The van der Waals surface area contributed by atoms with Crippen molar-refractivity contribution in [1.29, 1.82) is 0 Å². The first kappa shape index (κ1) is 33.9. The summed E-state index contributed by atoms with van der Waals surface area (Å²) in [5.74, 6) is -0.129. The van der Waals surface area contributed by atoms with E-state index in [0.717, 1.165) is 97.8 Å². The molecule has 0 spiro atoms. The summed E-state index contributed by atoms with van der Waals surface area (Å²) in [6, 6.07) is 13.4. The van der Waals surface area contributed by atoms with Crippen molar-refractivity contribution in [3.05, 3.63) is 84.1 Å². The minimum absolute atomic E-state index is 0.0960. The minimum atomic E-state index is -0.967. The second-order valence-corrected chi connectivity index (χ2v) is 14.7. The van der Waals surface area contributed by atoms with Crippen LogP contribution in [0.4, 0.5) is 21.6 Å². The lowest BCUT2D eigenvalue weighted by Gasteiger charge is -2.38. The number of benzene rings is 2. The maximum Gasteiger partial charge on any atom is 0.262 e. The van der Waals surface area contributed by atoms with Gasteiger partial charge in [0.2, 0.25) is 11.8 Å². The maximum absolute atomic E-state index is 14.1. The number of amides is 4. The Balaban J connectivity index is 0.764. The van der Waals surface area contributed by atoms with E-state index >= 15 is 0 Å². The van der Waals surface area contributed by atoms with Crippen LogP contribution >= 0.6 is 0 Å². The molecule has 4 aliphatic rings. The van der Waals surface area contributed by atoms with Crippen LogP contribution < -0.4 is 20.9 Å². The third-order valence-electron chi connectivity index (χ3n) is 11.6. The molecule has 3 aromatic heterocycles. The number of piperidine rings is 2. The number of nitrogens with zero attached hydrogens (tertiary/aromatic N) is 7. The fourth-order valence-corrected chi connectivity index (χ4v) is 8.43. The number of carbonyl (C=O) groups is 4. The predicted molar refractivity (Wildman–Crippen MR) is 202 cm³/mol. The van der Waals surface area contributed by atoms with E-state index in [4.69, 9.17) is 10.7 Å². The van der Waals surface area contributed by atoms with Crippen LogP contribution in [0.15, 0.2) is 67.1 Å². The van der Waals surface area contributed by atoms with Gasteiger partial charge in [-0.1, -0.05) is 0 Å². The van der Waals surface area contributed by atoms with Crippen molar-refractivity contribution in [2.45, 2.75) is 38.1 Å². The van der Waals surface area contributed by atoms with Gasteiger partial charge in [0.05, 0.1) is 28.5 Å². The van der Waals surface area contributed by atoms with Crippen LogP contribution in [0.3, 0.4) is 0 Å². The Labute approximate surface area is 310 Å². The Morgan fingerprint density at radius 1 is 0.778 bits per heavy atom. The molecular weight excluding hydrogens is 689 g/mol. The third kappa shape index (κ3) is 5.99. The number of nitrogen functional groups attached to an aromatic ring is 1. The van der Waals surface area contributed by atoms with Gasteiger partial charge in [0.1, 0.15) is 23.5 Å². The molecule has 7 heterocycles. The zero-order valence-corrected chi connectivity index (χ0v) is 29.7. The molecule has 0 radical (unpaired) electrons. The molecule has 5 aromatic rings. The van der Waals surface area contributed by atoms with Crippen LogP contribution in [0.2, 0.25) is 0 Å². The molecule has 54 heavy (non-hydrogen) atoms. The quantitative estimate of drug-likeness (QED) is 0.185. The lowest BCUT2D eigenvalue weighted by molar-refractivity contribution is -0.136. The number of fused-ring (bicyclic) bond motifs is 3. The molecule has 276 valence electrons. The lowest BCUT2D eigenvalue weighted by Crippen LogP contribution is -2.54. The highest BCUT2D eigenvalue weighted by Gasteiger charge is 2.44. The normalized spacial score (nSPS) is 20.0. The fraction of sp³-hybridized carbons (Fsp3) is 0.350. The minimum Gasteiger partial charge on any atom is -0.396 e. The van der Waals surface area contributed by atoms with Crippen molar-refractivity contribution < 1.29 is 23.6 Å². The summed E-state index contributed by atoms with van der Waals surface area (Å²) in [5.41, 5.74) is 8.57. The third-order valence-corrected chi connectivity index (χ3v) is 11.6. The van der Waals surface area contributed by atoms with E-state index in [9.17, 15) is 23.6 Å². The Morgan fingerprint density at radius 2 is 1.56 bits per heavy atom. The van der Waals surface area contributed by atoms with Crippen LogP contribution in [0.5, 0.6) is 0 Å². The number of rotatable bonds is 7. The van der Waals surface area contributed by atoms with E-state index in [2.05, 4.69) is 37.1 Å². The number of nitrogens with two attached hydrogens (primary N) is 1. The Hall–Kier alpha value is -5.89. The van der Waals surface area contributed by atoms with Gasteiger partial charge in [0, 0.05) is 79.9 Å². The highest BCUT2D eigenvalue weighted by atomic mass is 19.1. The average molecular weight is 730 g/mol. The van der Waals surface area contributed by atoms with Gasteiger partial charge < -0.3 is 15.5 Å². The molecule has 3 fully saturated rings. The summed E-state index contributed by atoms with van der Waals surface area (Å²) >= 11 is 0. The summed E-state index contributed by atoms with van der Waals surface area (Å²) < 4.78 is 16.1. The molecule has 0 aliphatic carbocycles. The Morgan fingerprint density at radius 3 is 2.35 bits per heavy atom. The summed E-state index contributed by atoms with van der Waals surface area (Å²) in [7, 11) is 0. The maximum atomic E-state index is 14.1. The highest BCUT2D eigenvalue weighted by molar-refractivity contribution is 6.23. The van der Waals surface area contributed by atoms with E-state index in [1.165, 1.54) is 6.07 Å². The van der Waals surface area contributed by atoms with E-state index in [1.807, 2.05) is 29.1 Å². The number of carbonyl (C=O) groups excluding carboxylic acids is 4. The standard InChI is InChI=1S/C40H40FN9O4/c41-31-4-1-26-22-43-35(21-29(26)37(31)42)49-14-10-25-19-34(44-23-33(25)49)48-12-8-24(9-13-48)7-11-46-15-17-47(18-16-46)27-2-3-28-30(20-27)40(54)50(39(28)53)32-5-6-36(51)45-38(32)52/h1-4,10,14,19-24,32H,5-9,11-13,15-18,42H2,(H,45,51,52). The van der Waals surface area contributed by atoms with Crippen molar-refractivity contribution in [3.8, 4) is 5.82 Å². The molecule has 4 amide bonds. The number of hydrogen-bond acceptors (Lipinski definition) is 10. The summed E-state index contributed by atoms with van der Waals surface area (Å²) in [4.78, 5) is 68.0. The van der Waals surface area contributed by atoms with E-state index in [0.29, 0.717) is 28.2 Å². The van der Waals surface area contributed by atoms with Gasteiger partial charge in [-0.2, -0.15) is 0 Å². The topological polar surface area (TPSA) is 150 Å². The number of nitrogens with one attached hydrogen (secondary N) is 1. The Bertz CT molecular complexity index is 2350. The van der Waals surface area contributed by atoms with Gasteiger partial charge >= 0.3 is 0 Å². The molecule has 1 unspecified atom stereocenters. The highest BCUT2D eigenvalue weighted by Crippen LogP contribution is 2.33. The molecule has 2 aromatic carbocycles. The smallest absolute Gasteiger partial charge is 0.262 e. The summed E-state index contributed by atoms with van der Waals surface area (Å²) in [6.07, 6.45) is 9.15. The van der Waals surface area contributed by atoms with Gasteiger partial charge in [-0.3, -0.25) is 38.9 Å². The first-order chi connectivity index (χ1) is 26.2. The van der Waals surface area contributed by atoms with E-state index in [-0.39, 0.29) is 24.4 Å². The molecule has 9 rings (SSSR count). The number of anilines is 3. The van der Waals surface area contributed by atoms with Gasteiger partial charge in [-0.05, 0) is 86.7 Å². The molecule has 0 bridgehead atoms. The molecule has 3 saturated heterocycles. The number of hydrogen-bond donors (Lipinski definition) is 2. The number of piperazine rings is 1. The molecule has 3 N–H and O–H groups in total. The second-order valence-electron chi connectivity index (χ2n) is 14.7. The van der Waals surface area contributed by atoms with Crippen LogP contribution in [0, 0.1) is 11.7 Å². The van der Waals surface area contributed by atoms with Crippen LogP contribution in [-0.4, -0.2) is 99.8 Å². The van der Waals surface area contributed by atoms with Gasteiger partial charge in [-0.25, -0.2) is 14.4 Å². The second kappa shape index (κ2) is 13.5. The summed E-state index contributed by atoms with van der Waals surface area (Å²) in [5, 5.41) is 4.72. The van der Waals surface area contributed by atoms with Crippen molar-refractivity contribution in [3.63, 3.8) is 0 Å². The average Bonchev–Trinajstić information content (AvgIpc) is 3.73. The number of imide groups is 2. The predicted octanol–water partition coefficient (Wildman–Crippen LogP) is 4.12. The summed E-state index contributed by atoms with van der Waals surface area (Å²) in [6.45, 7) is 6.40. The fourth-order valence-electron chi connectivity index (χ4n) is 8.43. The molecule has 0 saturated carbocycles. The van der Waals surface area contributed by atoms with Crippen molar-refractivity contribution >= 4 is 62.5 Å². The van der Waals surface area contributed by atoms with Gasteiger partial charge in [-0.15, -0.1) is 0 Å². The van der Waals surface area contributed by atoms with E-state index in [1.54, 1.807) is 24.4 Å². The number of pyridine rings is 2. The number of halogens is 1. The largest absolute Gasteiger partial charge is 0.396 e. The Kier molecular flexibility index (Phi) is 8.48. The zero-order chi connectivity index (χ0) is 37.1. The molecule has 14 heteroatoms. The molecule has 1 atom stereocenters. The lowest BCUT2D eigenvalue weighted by atomic mass is 9.93. The molecular formula is C40H40FN9O4. The van der Waals surface area contributed by atoms with Gasteiger partial charge in [0.25, 0.3) is 11.8 Å². The zero-order valence-electron chi connectivity index (χ0n) is 29.7.